The van der Waals surface area contributed by atoms with Crippen LogP contribution in [-0.4, -0.2) is 38.9 Å². The predicted molar refractivity (Wildman–Crippen MR) is 98.2 cm³/mol. The van der Waals surface area contributed by atoms with Crippen LogP contribution in [0, 0.1) is 0 Å². The van der Waals surface area contributed by atoms with Crippen LogP contribution < -0.4 is 9.47 Å². The molecule has 2 aromatic carbocycles. The van der Waals surface area contributed by atoms with Crippen molar-refractivity contribution in [2.45, 2.75) is 19.8 Å². The second-order valence-electron chi connectivity index (χ2n) is 6.14. The number of hydrogen-bond donors (Lipinski definition) is 0. The minimum absolute atomic E-state index is 0.181. The summed E-state index contributed by atoms with van der Waals surface area (Å²) in [5, 5.41) is 0. The van der Waals surface area contributed by atoms with Crippen LogP contribution in [0.2, 0.25) is 0 Å². The maximum absolute atomic E-state index is 13.4. The molecule has 6 nitrogen and oxygen atoms in total. The van der Waals surface area contributed by atoms with Gasteiger partial charge in [0, 0.05) is 16.7 Å². The zero-order valence-electron chi connectivity index (χ0n) is 15.7. The van der Waals surface area contributed by atoms with Crippen LogP contribution in [0.1, 0.15) is 61.1 Å². The Labute approximate surface area is 157 Å². The molecule has 0 fully saturated rings. The first-order chi connectivity index (χ1) is 13.0. The lowest BCUT2D eigenvalue weighted by Crippen LogP contribution is -2.25. The molecule has 140 valence electrons. The summed E-state index contributed by atoms with van der Waals surface area (Å²) < 4.78 is 15.5. The molecule has 1 aliphatic carbocycles. The van der Waals surface area contributed by atoms with Gasteiger partial charge in [0.1, 0.15) is 17.1 Å². The molecule has 3 rings (SSSR count). The highest BCUT2D eigenvalue weighted by atomic mass is 16.5. The van der Waals surface area contributed by atoms with Gasteiger partial charge in [0.2, 0.25) is 0 Å². The van der Waals surface area contributed by atoms with Crippen molar-refractivity contribution < 1.29 is 28.6 Å². The van der Waals surface area contributed by atoms with Crippen molar-refractivity contribution in [1.29, 1.82) is 0 Å². The summed E-state index contributed by atoms with van der Waals surface area (Å²) in [7, 11) is 4.13. The minimum atomic E-state index is -0.607. The van der Waals surface area contributed by atoms with Crippen molar-refractivity contribution in [3.8, 4) is 11.5 Å². The smallest absolute Gasteiger partial charge is 0.341 e. The Kier molecular flexibility index (Phi) is 4.99. The lowest BCUT2D eigenvalue weighted by atomic mass is 9.78. The molecule has 0 aliphatic heterocycles. The summed E-state index contributed by atoms with van der Waals surface area (Å²) in [5.41, 5.74) is 1.60. The summed E-state index contributed by atoms with van der Waals surface area (Å²) in [6.45, 7) is 1.93. The number of esters is 1. The van der Waals surface area contributed by atoms with E-state index in [0.29, 0.717) is 24.2 Å². The minimum Gasteiger partial charge on any atom is -0.496 e. The Balaban J connectivity index is 2.40. The van der Waals surface area contributed by atoms with Gasteiger partial charge in [0.05, 0.1) is 26.9 Å². The Morgan fingerprint density at radius 3 is 2.22 bits per heavy atom. The molecule has 0 spiro atoms. The lowest BCUT2D eigenvalue weighted by molar-refractivity contribution is 0.0595. The topological polar surface area (TPSA) is 78.9 Å². The average molecular weight is 368 g/mol. The molecular formula is C21H20O6. The average Bonchev–Trinajstić information content (AvgIpc) is 2.70. The fraction of sp³-hybridized carbons (Fsp3) is 0.286. The number of rotatable bonds is 5. The largest absolute Gasteiger partial charge is 0.496 e. The standard InChI is InChI=1S/C21H20O6/c1-5-7-11-16-13(10-15(26-3)18(11)21(24)27-4)19(22)12-8-6-9-14(25-2)17(12)20(16)23/h6,8-10H,5,7H2,1-4H3. The van der Waals surface area contributed by atoms with Gasteiger partial charge >= 0.3 is 5.97 Å². The summed E-state index contributed by atoms with van der Waals surface area (Å²) in [6.07, 6.45) is 1.09. The number of methoxy groups -OCH3 is 3. The fourth-order valence-electron chi connectivity index (χ4n) is 3.53. The number of carbonyl (C=O) groups excluding carboxylic acids is 3. The molecule has 0 saturated carbocycles. The van der Waals surface area contributed by atoms with Gasteiger partial charge in [0.25, 0.3) is 0 Å². The maximum Gasteiger partial charge on any atom is 0.341 e. The van der Waals surface area contributed by atoms with E-state index in [9.17, 15) is 14.4 Å². The van der Waals surface area contributed by atoms with Crippen LogP contribution in [0.5, 0.6) is 11.5 Å². The summed E-state index contributed by atoms with van der Waals surface area (Å²) in [4.78, 5) is 38.9. The lowest BCUT2D eigenvalue weighted by Gasteiger charge is -2.24. The zero-order valence-corrected chi connectivity index (χ0v) is 15.7. The SMILES string of the molecule is CCCc1c(C(=O)OC)c(OC)cc2c1C(=O)c1c(OC)cccc1C2=O. The number of ketones is 2. The van der Waals surface area contributed by atoms with E-state index in [1.807, 2.05) is 6.92 Å². The molecule has 0 amide bonds. The molecule has 0 bridgehead atoms. The summed E-state index contributed by atoms with van der Waals surface area (Å²) >= 11 is 0. The number of fused-ring (bicyclic) bond motifs is 2. The van der Waals surface area contributed by atoms with E-state index < -0.39 is 5.97 Å². The van der Waals surface area contributed by atoms with Crippen molar-refractivity contribution in [1.82, 2.24) is 0 Å². The molecule has 0 aromatic heterocycles. The first-order valence-electron chi connectivity index (χ1n) is 8.58. The van der Waals surface area contributed by atoms with E-state index >= 15 is 0 Å². The molecule has 0 radical (unpaired) electrons. The van der Waals surface area contributed by atoms with Crippen molar-refractivity contribution in [3.05, 3.63) is 57.6 Å². The molecule has 0 atom stereocenters. The number of benzene rings is 2. The monoisotopic (exact) mass is 368 g/mol. The van der Waals surface area contributed by atoms with Gasteiger partial charge in [-0.05, 0) is 24.1 Å². The van der Waals surface area contributed by atoms with Gasteiger partial charge in [-0.3, -0.25) is 9.59 Å². The quantitative estimate of drug-likeness (QED) is 0.644. The van der Waals surface area contributed by atoms with Gasteiger partial charge in [-0.1, -0.05) is 25.5 Å². The third-order valence-corrected chi connectivity index (χ3v) is 4.69. The highest BCUT2D eigenvalue weighted by Gasteiger charge is 2.37. The van der Waals surface area contributed by atoms with Crippen LogP contribution in [-0.2, 0) is 11.2 Å². The molecule has 2 aromatic rings. The Morgan fingerprint density at radius 2 is 1.63 bits per heavy atom. The molecule has 1 aliphatic rings. The Bertz CT molecular complexity index is 958. The van der Waals surface area contributed by atoms with Crippen LogP contribution in [0.25, 0.3) is 0 Å². The van der Waals surface area contributed by atoms with Crippen molar-refractivity contribution in [2.75, 3.05) is 21.3 Å². The first-order valence-corrected chi connectivity index (χ1v) is 8.58. The molecule has 6 heteroatoms. The first kappa shape index (κ1) is 18.6. The van der Waals surface area contributed by atoms with Gasteiger partial charge in [0.15, 0.2) is 11.6 Å². The van der Waals surface area contributed by atoms with Gasteiger partial charge in [-0.25, -0.2) is 4.79 Å². The van der Waals surface area contributed by atoms with Gasteiger partial charge in [-0.2, -0.15) is 0 Å². The Morgan fingerprint density at radius 1 is 0.926 bits per heavy atom. The van der Waals surface area contributed by atoms with Gasteiger partial charge < -0.3 is 14.2 Å². The molecule has 0 saturated heterocycles. The molecule has 0 N–H and O–H groups in total. The third kappa shape index (κ3) is 2.77. The number of ether oxygens (including phenoxy) is 3. The van der Waals surface area contributed by atoms with Crippen LogP contribution in [0.3, 0.4) is 0 Å². The van der Waals surface area contributed by atoms with E-state index in [1.165, 1.54) is 27.4 Å². The zero-order chi connectivity index (χ0) is 19.7. The maximum atomic E-state index is 13.4. The van der Waals surface area contributed by atoms with Gasteiger partial charge in [-0.15, -0.1) is 0 Å². The fourth-order valence-corrected chi connectivity index (χ4v) is 3.53. The van der Waals surface area contributed by atoms with E-state index in [4.69, 9.17) is 14.2 Å². The predicted octanol–water partition coefficient (Wildman–Crippen LogP) is 3.22. The van der Waals surface area contributed by atoms with E-state index in [0.717, 1.165) is 0 Å². The number of carbonyl (C=O) groups is 3. The van der Waals surface area contributed by atoms with Crippen LogP contribution in [0.15, 0.2) is 24.3 Å². The molecule has 0 heterocycles. The highest BCUT2D eigenvalue weighted by Crippen LogP contribution is 2.39. The van der Waals surface area contributed by atoms with E-state index in [1.54, 1.807) is 18.2 Å². The normalized spacial score (nSPS) is 12.3. The molecule has 27 heavy (non-hydrogen) atoms. The van der Waals surface area contributed by atoms with E-state index in [2.05, 4.69) is 0 Å². The second-order valence-corrected chi connectivity index (χ2v) is 6.14. The summed E-state index contributed by atoms with van der Waals surface area (Å²) in [6, 6.07) is 6.35. The van der Waals surface area contributed by atoms with Crippen LogP contribution in [0.4, 0.5) is 0 Å². The molecular weight excluding hydrogens is 348 g/mol. The van der Waals surface area contributed by atoms with Crippen molar-refractivity contribution in [2.24, 2.45) is 0 Å². The summed E-state index contributed by atoms with van der Waals surface area (Å²) in [5.74, 6) is -0.700. The third-order valence-electron chi connectivity index (χ3n) is 4.69. The molecule has 0 unspecified atom stereocenters. The van der Waals surface area contributed by atoms with Crippen molar-refractivity contribution in [3.63, 3.8) is 0 Å². The second kappa shape index (κ2) is 7.23. The van der Waals surface area contributed by atoms with Crippen LogP contribution >= 0.6 is 0 Å². The van der Waals surface area contributed by atoms with E-state index in [-0.39, 0.29) is 45.1 Å². The highest BCUT2D eigenvalue weighted by molar-refractivity contribution is 6.30. The Hall–Kier alpha value is -3.15. The number of hydrogen-bond acceptors (Lipinski definition) is 6. The van der Waals surface area contributed by atoms with Crippen molar-refractivity contribution >= 4 is 17.5 Å².